The maximum Gasteiger partial charge on any atom is 0.0462 e. The molecule has 2 nitrogen and oxygen atoms in total. The zero-order valence-corrected chi connectivity index (χ0v) is 28.2. The molecule has 0 bridgehead atoms. The standard InChI is InChI=1S/C45H46N2/c1-5-34(4)36-18-26-42(27-19-36)46(40-14-10-8-11-15-40)44-30-22-38(23-31-44)39-24-32-45(33-25-39)47(41-16-12-9-13-17-41)43-28-20-37(21-29-43)35(6-2)7-3/h8-35H,5-7H2,1-4H3. The lowest BCUT2D eigenvalue weighted by atomic mass is 9.94. The van der Waals surface area contributed by atoms with E-state index in [4.69, 9.17) is 0 Å². The van der Waals surface area contributed by atoms with Gasteiger partial charge in [0.15, 0.2) is 0 Å². The lowest BCUT2D eigenvalue weighted by molar-refractivity contribution is 0.642. The average molecular weight is 615 g/mol. The normalized spacial score (nSPS) is 11.8. The Morgan fingerprint density at radius 1 is 0.362 bits per heavy atom. The fourth-order valence-electron chi connectivity index (χ4n) is 6.50. The fourth-order valence-corrected chi connectivity index (χ4v) is 6.50. The molecule has 236 valence electrons. The van der Waals surface area contributed by atoms with Gasteiger partial charge in [-0.1, -0.05) is 113 Å². The molecule has 2 heteroatoms. The largest absolute Gasteiger partial charge is 0.311 e. The first-order chi connectivity index (χ1) is 23.1. The van der Waals surface area contributed by atoms with E-state index in [-0.39, 0.29) is 0 Å². The molecular formula is C45H46N2. The van der Waals surface area contributed by atoms with E-state index in [1.807, 2.05) is 0 Å². The third-order valence-electron chi connectivity index (χ3n) is 9.55. The second-order valence-electron chi connectivity index (χ2n) is 12.4. The van der Waals surface area contributed by atoms with Gasteiger partial charge in [-0.05, 0) is 126 Å². The summed E-state index contributed by atoms with van der Waals surface area (Å²) in [5.74, 6) is 1.16. The van der Waals surface area contributed by atoms with Crippen LogP contribution < -0.4 is 9.80 Å². The predicted molar refractivity (Wildman–Crippen MR) is 203 cm³/mol. The number of anilines is 6. The minimum atomic E-state index is 0.555. The zero-order chi connectivity index (χ0) is 32.6. The monoisotopic (exact) mass is 614 g/mol. The van der Waals surface area contributed by atoms with E-state index >= 15 is 0 Å². The van der Waals surface area contributed by atoms with E-state index in [0.717, 1.165) is 47.7 Å². The average Bonchev–Trinajstić information content (AvgIpc) is 3.14. The topological polar surface area (TPSA) is 6.48 Å². The molecule has 1 unspecified atom stereocenters. The van der Waals surface area contributed by atoms with E-state index in [0.29, 0.717) is 11.8 Å². The van der Waals surface area contributed by atoms with Crippen molar-refractivity contribution in [2.24, 2.45) is 0 Å². The van der Waals surface area contributed by atoms with Crippen molar-refractivity contribution < 1.29 is 0 Å². The van der Waals surface area contributed by atoms with Crippen LogP contribution in [0.5, 0.6) is 0 Å². The molecule has 0 radical (unpaired) electrons. The molecule has 0 heterocycles. The summed E-state index contributed by atoms with van der Waals surface area (Å²) in [6.07, 6.45) is 3.47. The SMILES string of the molecule is CCC(C)c1ccc(N(c2ccccc2)c2ccc(-c3ccc(N(c4ccccc4)c4ccc(C(CC)CC)cc4)cc3)cc2)cc1. The van der Waals surface area contributed by atoms with Gasteiger partial charge >= 0.3 is 0 Å². The molecule has 0 saturated carbocycles. The van der Waals surface area contributed by atoms with Crippen molar-refractivity contribution in [1.82, 2.24) is 0 Å². The third kappa shape index (κ3) is 7.18. The quantitative estimate of drug-likeness (QED) is 0.135. The van der Waals surface area contributed by atoms with E-state index in [2.05, 4.69) is 195 Å². The second-order valence-corrected chi connectivity index (χ2v) is 12.4. The van der Waals surface area contributed by atoms with Crippen LogP contribution in [-0.4, -0.2) is 0 Å². The summed E-state index contributed by atoms with van der Waals surface area (Å²) in [6, 6.07) is 57.3. The number of hydrogen-bond acceptors (Lipinski definition) is 2. The van der Waals surface area contributed by atoms with Crippen LogP contribution in [0.25, 0.3) is 11.1 Å². The molecule has 6 aromatic rings. The van der Waals surface area contributed by atoms with Crippen molar-refractivity contribution in [1.29, 1.82) is 0 Å². The smallest absolute Gasteiger partial charge is 0.0462 e. The van der Waals surface area contributed by atoms with Gasteiger partial charge in [-0.15, -0.1) is 0 Å². The second kappa shape index (κ2) is 15.0. The van der Waals surface area contributed by atoms with Gasteiger partial charge in [0.05, 0.1) is 0 Å². The van der Waals surface area contributed by atoms with Gasteiger partial charge < -0.3 is 9.80 Å². The zero-order valence-electron chi connectivity index (χ0n) is 28.2. The number of rotatable bonds is 12. The van der Waals surface area contributed by atoms with Gasteiger partial charge in [0.25, 0.3) is 0 Å². The first-order valence-electron chi connectivity index (χ1n) is 17.2. The lowest BCUT2D eigenvalue weighted by Crippen LogP contribution is -2.10. The highest BCUT2D eigenvalue weighted by molar-refractivity contribution is 5.80. The molecule has 0 aromatic heterocycles. The Bertz CT molecular complexity index is 1800. The van der Waals surface area contributed by atoms with E-state index < -0.39 is 0 Å². The molecule has 0 aliphatic rings. The van der Waals surface area contributed by atoms with E-state index in [1.54, 1.807) is 0 Å². The summed E-state index contributed by atoms with van der Waals surface area (Å²) in [4.78, 5) is 4.67. The number of hydrogen-bond donors (Lipinski definition) is 0. The van der Waals surface area contributed by atoms with Gasteiger partial charge in [-0.25, -0.2) is 0 Å². The Kier molecular flexibility index (Phi) is 10.2. The predicted octanol–water partition coefficient (Wildman–Crippen LogP) is 13.7. The Morgan fingerprint density at radius 3 is 1.02 bits per heavy atom. The summed E-state index contributed by atoms with van der Waals surface area (Å²) in [7, 11) is 0. The summed E-state index contributed by atoms with van der Waals surface area (Å²) in [5.41, 5.74) is 12.1. The molecule has 0 saturated heterocycles. The summed E-state index contributed by atoms with van der Waals surface area (Å²) >= 11 is 0. The molecule has 0 aliphatic heterocycles. The summed E-state index contributed by atoms with van der Waals surface area (Å²) in [6.45, 7) is 9.09. The van der Waals surface area contributed by atoms with Gasteiger partial charge in [0, 0.05) is 34.1 Å². The van der Waals surface area contributed by atoms with Crippen LogP contribution in [0.1, 0.15) is 69.9 Å². The first-order valence-corrected chi connectivity index (χ1v) is 17.2. The number of benzene rings is 6. The highest BCUT2D eigenvalue weighted by atomic mass is 15.1. The Morgan fingerprint density at radius 2 is 0.681 bits per heavy atom. The van der Waals surface area contributed by atoms with Crippen LogP contribution in [0.3, 0.4) is 0 Å². The fraction of sp³-hybridized carbons (Fsp3) is 0.200. The molecule has 47 heavy (non-hydrogen) atoms. The van der Waals surface area contributed by atoms with Crippen molar-refractivity contribution in [2.75, 3.05) is 9.80 Å². The number of nitrogens with zero attached hydrogens (tertiary/aromatic N) is 2. The van der Waals surface area contributed by atoms with Gasteiger partial charge in [-0.3, -0.25) is 0 Å². The van der Waals surface area contributed by atoms with Crippen molar-refractivity contribution >= 4 is 34.1 Å². The molecule has 0 N–H and O–H groups in total. The molecule has 0 aliphatic carbocycles. The molecule has 0 amide bonds. The lowest BCUT2D eigenvalue weighted by Gasteiger charge is -2.27. The maximum atomic E-state index is 2.34. The van der Waals surface area contributed by atoms with Crippen molar-refractivity contribution in [2.45, 2.75) is 58.8 Å². The van der Waals surface area contributed by atoms with E-state index in [1.165, 1.54) is 27.9 Å². The van der Waals surface area contributed by atoms with Crippen LogP contribution in [0.15, 0.2) is 158 Å². The minimum absolute atomic E-state index is 0.555. The third-order valence-corrected chi connectivity index (χ3v) is 9.55. The molecule has 6 aromatic carbocycles. The maximum absolute atomic E-state index is 2.34. The van der Waals surface area contributed by atoms with Crippen LogP contribution in [0, 0.1) is 0 Å². The molecule has 0 spiro atoms. The van der Waals surface area contributed by atoms with Crippen molar-refractivity contribution in [3.8, 4) is 11.1 Å². The minimum Gasteiger partial charge on any atom is -0.311 e. The van der Waals surface area contributed by atoms with Crippen LogP contribution >= 0.6 is 0 Å². The highest BCUT2D eigenvalue weighted by Gasteiger charge is 2.16. The Hall–Kier alpha value is -5.08. The van der Waals surface area contributed by atoms with Gasteiger partial charge in [0.1, 0.15) is 0 Å². The summed E-state index contributed by atoms with van der Waals surface area (Å²) in [5, 5.41) is 0. The molecule has 6 rings (SSSR count). The Labute approximate surface area is 282 Å². The van der Waals surface area contributed by atoms with Crippen LogP contribution in [-0.2, 0) is 0 Å². The first kappa shape index (κ1) is 31.9. The van der Waals surface area contributed by atoms with Crippen LogP contribution in [0.2, 0.25) is 0 Å². The van der Waals surface area contributed by atoms with Crippen LogP contribution in [0.4, 0.5) is 34.1 Å². The van der Waals surface area contributed by atoms with Crippen molar-refractivity contribution in [3.05, 3.63) is 169 Å². The summed E-state index contributed by atoms with van der Waals surface area (Å²) < 4.78 is 0. The van der Waals surface area contributed by atoms with Gasteiger partial charge in [-0.2, -0.15) is 0 Å². The molecule has 1 atom stereocenters. The van der Waals surface area contributed by atoms with Gasteiger partial charge in [0.2, 0.25) is 0 Å². The number of para-hydroxylation sites is 2. The molecular weight excluding hydrogens is 569 g/mol. The highest BCUT2D eigenvalue weighted by Crippen LogP contribution is 2.39. The molecule has 0 fully saturated rings. The van der Waals surface area contributed by atoms with E-state index in [9.17, 15) is 0 Å². The van der Waals surface area contributed by atoms with Crippen molar-refractivity contribution in [3.63, 3.8) is 0 Å². The Balaban J connectivity index is 1.28.